The molecule has 1 fully saturated rings. The average Bonchev–Trinajstić information content (AvgIpc) is 2.69. The molecule has 0 aliphatic carbocycles. The first kappa shape index (κ1) is 22.2. The average molecular weight is 399 g/mol. The number of hydrogen-bond acceptors (Lipinski definition) is 6. The molecule has 8 nitrogen and oxygen atoms in total. The zero-order valence-electron chi connectivity index (χ0n) is 16.8. The van der Waals surface area contributed by atoms with Crippen LogP contribution in [0.15, 0.2) is 72.9 Å². The quantitative estimate of drug-likeness (QED) is 0.303. The first-order valence-electron chi connectivity index (χ1n) is 9.42. The van der Waals surface area contributed by atoms with Crippen LogP contribution in [0.25, 0.3) is 0 Å². The maximum atomic E-state index is 12.2. The third kappa shape index (κ3) is 8.22. The third-order valence-corrected chi connectivity index (χ3v) is 4.23. The number of benzene rings is 1. The highest BCUT2D eigenvalue weighted by atomic mass is 16.5. The Morgan fingerprint density at radius 2 is 2.07 bits per heavy atom. The number of allylic oxidation sites excluding steroid dienone is 3. The van der Waals surface area contributed by atoms with E-state index in [2.05, 4.69) is 22.1 Å². The van der Waals surface area contributed by atoms with Crippen LogP contribution in [-0.4, -0.2) is 48.8 Å². The molecule has 0 spiro atoms. The number of ether oxygens (including phenoxy) is 1. The van der Waals surface area contributed by atoms with E-state index in [0.717, 1.165) is 37.6 Å². The molecule has 1 saturated heterocycles. The van der Waals surface area contributed by atoms with Crippen molar-refractivity contribution in [1.82, 2.24) is 15.2 Å². The molecule has 8 heteroatoms. The Morgan fingerprint density at radius 1 is 1.34 bits per heavy atom. The summed E-state index contributed by atoms with van der Waals surface area (Å²) in [4.78, 5) is 14.4. The normalized spacial score (nSPS) is 15.9. The summed E-state index contributed by atoms with van der Waals surface area (Å²) in [5.74, 6) is 5.92. The molecule has 156 valence electrons. The summed E-state index contributed by atoms with van der Waals surface area (Å²) >= 11 is 0. The van der Waals surface area contributed by atoms with Gasteiger partial charge in [0.05, 0.1) is 13.2 Å². The first-order valence-corrected chi connectivity index (χ1v) is 9.42. The van der Waals surface area contributed by atoms with Crippen molar-refractivity contribution in [2.45, 2.75) is 6.92 Å². The van der Waals surface area contributed by atoms with E-state index in [1.165, 1.54) is 5.01 Å². The molecule has 1 heterocycles. The summed E-state index contributed by atoms with van der Waals surface area (Å²) in [5, 5.41) is 6.91. The maximum Gasteiger partial charge on any atom is 0.323 e. The van der Waals surface area contributed by atoms with Gasteiger partial charge in [-0.3, -0.25) is 9.91 Å². The number of nitrogens with two attached hydrogens (primary N) is 2. The van der Waals surface area contributed by atoms with Gasteiger partial charge in [-0.05, 0) is 36.8 Å². The SMILES string of the molecule is C=C/C(=C\C=C\N(N)/C=C(\N)CN1CCOCC1)NC(=O)Nc1ccccc1C. The fourth-order valence-electron chi connectivity index (χ4n) is 2.70. The van der Waals surface area contributed by atoms with Crippen molar-refractivity contribution in [2.75, 3.05) is 38.2 Å². The van der Waals surface area contributed by atoms with Gasteiger partial charge < -0.3 is 21.1 Å². The Hall–Kier alpha value is -3.07. The molecule has 2 amide bonds. The highest BCUT2D eigenvalue weighted by molar-refractivity contribution is 5.91. The number of para-hydroxylation sites is 1. The van der Waals surface area contributed by atoms with Gasteiger partial charge in [-0.1, -0.05) is 24.8 Å². The second-order valence-electron chi connectivity index (χ2n) is 6.60. The second-order valence-corrected chi connectivity index (χ2v) is 6.60. The van der Waals surface area contributed by atoms with E-state index in [4.69, 9.17) is 16.3 Å². The molecule has 6 N–H and O–H groups in total. The van der Waals surface area contributed by atoms with Crippen molar-refractivity contribution in [1.29, 1.82) is 0 Å². The van der Waals surface area contributed by atoms with Gasteiger partial charge in [0.2, 0.25) is 0 Å². The number of rotatable bonds is 8. The minimum Gasteiger partial charge on any atom is -0.400 e. The molecule has 0 aromatic heterocycles. The smallest absolute Gasteiger partial charge is 0.323 e. The molecule has 29 heavy (non-hydrogen) atoms. The minimum atomic E-state index is -0.349. The second kappa shape index (κ2) is 11.7. The van der Waals surface area contributed by atoms with Gasteiger partial charge in [-0.2, -0.15) is 0 Å². The van der Waals surface area contributed by atoms with E-state index in [1.54, 1.807) is 30.6 Å². The van der Waals surface area contributed by atoms with Crippen molar-refractivity contribution in [2.24, 2.45) is 11.6 Å². The van der Waals surface area contributed by atoms with Gasteiger partial charge >= 0.3 is 6.03 Å². The van der Waals surface area contributed by atoms with E-state index >= 15 is 0 Å². The van der Waals surface area contributed by atoms with Crippen LogP contribution >= 0.6 is 0 Å². The van der Waals surface area contributed by atoms with E-state index in [9.17, 15) is 4.79 Å². The summed E-state index contributed by atoms with van der Waals surface area (Å²) in [6.45, 7) is 9.44. The zero-order chi connectivity index (χ0) is 21.1. The Bertz CT molecular complexity index is 781. The number of hydrogen-bond donors (Lipinski definition) is 4. The molecule has 1 aromatic rings. The van der Waals surface area contributed by atoms with E-state index < -0.39 is 0 Å². The summed E-state index contributed by atoms with van der Waals surface area (Å²) in [6, 6.07) is 7.20. The van der Waals surface area contributed by atoms with Gasteiger partial charge in [-0.15, -0.1) is 0 Å². The van der Waals surface area contributed by atoms with Crippen molar-refractivity contribution >= 4 is 11.7 Å². The van der Waals surface area contributed by atoms with Crippen molar-refractivity contribution < 1.29 is 9.53 Å². The van der Waals surface area contributed by atoms with Crippen LogP contribution in [0.2, 0.25) is 0 Å². The number of nitrogens with zero attached hydrogens (tertiary/aromatic N) is 2. The number of nitrogens with one attached hydrogen (secondary N) is 2. The number of anilines is 1. The Morgan fingerprint density at radius 3 is 2.76 bits per heavy atom. The molecular weight excluding hydrogens is 368 g/mol. The van der Waals surface area contributed by atoms with Gasteiger partial charge in [0, 0.05) is 49.1 Å². The summed E-state index contributed by atoms with van der Waals surface area (Å²) in [6.07, 6.45) is 8.23. The van der Waals surface area contributed by atoms with E-state index in [1.807, 2.05) is 31.2 Å². The molecule has 0 atom stereocenters. The standard InChI is InChI=1S/C21H30N6O2/c1-3-19(24-21(28)25-20-9-5-4-7-17(20)2)8-6-10-27(23)16-18(22)15-26-11-13-29-14-12-26/h3-10,16H,1,11-15,22-23H2,2H3,(H2,24,25,28)/b10-6+,18-16-,19-8+. The number of aryl methyl sites for hydroxylation is 1. The van der Waals surface area contributed by atoms with Crippen molar-refractivity contribution in [3.05, 3.63) is 78.4 Å². The van der Waals surface area contributed by atoms with Crippen molar-refractivity contribution in [3.8, 4) is 0 Å². The Balaban J connectivity index is 1.85. The number of carbonyl (C=O) groups is 1. The molecule has 0 unspecified atom stereocenters. The number of carbonyl (C=O) groups excluding carboxylic acids is 1. The maximum absolute atomic E-state index is 12.2. The number of morpholine rings is 1. The van der Waals surface area contributed by atoms with Crippen LogP contribution in [-0.2, 0) is 4.74 Å². The van der Waals surface area contributed by atoms with E-state index in [0.29, 0.717) is 17.9 Å². The lowest BCUT2D eigenvalue weighted by molar-refractivity contribution is 0.0420. The predicted molar refractivity (Wildman–Crippen MR) is 116 cm³/mol. The van der Waals surface area contributed by atoms with Gasteiger partial charge in [0.15, 0.2) is 0 Å². The Kier molecular flexibility index (Phi) is 8.97. The molecule has 1 aromatic carbocycles. The molecule has 2 rings (SSSR count). The predicted octanol–water partition coefficient (Wildman–Crippen LogP) is 2.01. The lowest BCUT2D eigenvalue weighted by atomic mass is 10.2. The number of hydrazine groups is 1. The highest BCUT2D eigenvalue weighted by Gasteiger charge is 2.10. The lowest BCUT2D eigenvalue weighted by Gasteiger charge is -2.26. The van der Waals surface area contributed by atoms with E-state index in [-0.39, 0.29) is 6.03 Å². The molecule has 1 aliphatic rings. The van der Waals surface area contributed by atoms with Crippen LogP contribution in [0.1, 0.15) is 5.56 Å². The molecule has 1 aliphatic heterocycles. The number of amides is 2. The highest BCUT2D eigenvalue weighted by Crippen LogP contribution is 2.12. The molecule has 0 saturated carbocycles. The van der Waals surface area contributed by atoms with Crippen LogP contribution in [0.3, 0.4) is 0 Å². The Labute approximate surface area is 172 Å². The van der Waals surface area contributed by atoms with Crippen LogP contribution < -0.4 is 22.2 Å². The minimum absolute atomic E-state index is 0.349. The monoisotopic (exact) mass is 398 g/mol. The van der Waals surface area contributed by atoms with Gasteiger partial charge in [0.1, 0.15) is 0 Å². The lowest BCUT2D eigenvalue weighted by Crippen LogP contribution is -2.39. The van der Waals surface area contributed by atoms with Crippen LogP contribution in [0, 0.1) is 6.92 Å². The summed E-state index contributed by atoms with van der Waals surface area (Å²) in [5.41, 5.74) is 8.96. The topological polar surface area (TPSA) is 109 Å². The van der Waals surface area contributed by atoms with Gasteiger partial charge in [-0.25, -0.2) is 10.6 Å². The molecular formula is C21H30N6O2. The summed E-state index contributed by atoms with van der Waals surface area (Å²) in [7, 11) is 0. The summed E-state index contributed by atoms with van der Waals surface area (Å²) < 4.78 is 5.32. The molecule has 0 radical (unpaired) electrons. The zero-order valence-corrected chi connectivity index (χ0v) is 16.8. The fourth-order valence-corrected chi connectivity index (χ4v) is 2.70. The molecule has 0 bridgehead atoms. The fraction of sp³-hybridized carbons (Fsp3) is 0.286. The van der Waals surface area contributed by atoms with Crippen LogP contribution in [0.5, 0.6) is 0 Å². The first-order chi connectivity index (χ1) is 14.0. The largest absolute Gasteiger partial charge is 0.400 e. The van der Waals surface area contributed by atoms with Crippen LogP contribution in [0.4, 0.5) is 10.5 Å². The third-order valence-electron chi connectivity index (χ3n) is 4.23. The van der Waals surface area contributed by atoms with Crippen molar-refractivity contribution in [3.63, 3.8) is 0 Å². The number of urea groups is 1. The van der Waals surface area contributed by atoms with Gasteiger partial charge in [0.25, 0.3) is 0 Å².